The Kier molecular flexibility index (Phi) is 5.93. The predicted octanol–water partition coefficient (Wildman–Crippen LogP) is 2.93. The van der Waals surface area contributed by atoms with Gasteiger partial charge in [-0.05, 0) is 35.4 Å². The Bertz CT molecular complexity index is 1170. The van der Waals surface area contributed by atoms with Crippen molar-refractivity contribution < 1.29 is 14.2 Å². The third kappa shape index (κ3) is 4.13. The minimum atomic E-state index is 0.144. The molecule has 0 spiro atoms. The lowest BCUT2D eigenvalue weighted by molar-refractivity contribution is 0.122. The second kappa shape index (κ2) is 8.79. The molecule has 3 aromatic rings. The van der Waals surface area contributed by atoms with E-state index >= 15 is 0 Å². The van der Waals surface area contributed by atoms with Gasteiger partial charge in [0.25, 0.3) is 0 Å². The van der Waals surface area contributed by atoms with Crippen LogP contribution in [0.5, 0.6) is 11.5 Å². The number of benzene rings is 1. The number of morpholine rings is 1. The molecule has 1 aliphatic rings. The van der Waals surface area contributed by atoms with Crippen LogP contribution in [0.4, 0.5) is 5.82 Å². The highest BCUT2D eigenvalue weighted by Gasteiger charge is 2.21. The summed E-state index contributed by atoms with van der Waals surface area (Å²) in [6.07, 6.45) is 1.70. The lowest BCUT2D eigenvalue weighted by Crippen LogP contribution is -2.37. The van der Waals surface area contributed by atoms with E-state index in [1.165, 1.54) is 0 Å². The Balaban J connectivity index is 1.83. The van der Waals surface area contributed by atoms with Gasteiger partial charge in [0.05, 0.1) is 39.1 Å². The fourth-order valence-corrected chi connectivity index (χ4v) is 3.59. The van der Waals surface area contributed by atoms with Crippen LogP contribution in [0.1, 0.15) is 11.4 Å². The zero-order valence-electron chi connectivity index (χ0n) is 17.4. The summed E-state index contributed by atoms with van der Waals surface area (Å²) >= 11 is 6.20. The van der Waals surface area contributed by atoms with E-state index in [-0.39, 0.29) is 5.28 Å². The maximum atomic E-state index is 9.83. The van der Waals surface area contributed by atoms with Gasteiger partial charge in [-0.15, -0.1) is 0 Å². The van der Waals surface area contributed by atoms with E-state index in [2.05, 4.69) is 20.9 Å². The Morgan fingerprint density at radius 1 is 1.13 bits per heavy atom. The summed E-state index contributed by atoms with van der Waals surface area (Å²) in [6.45, 7) is 2.60. The maximum absolute atomic E-state index is 9.83. The Hall–Kier alpha value is -3.35. The fourth-order valence-electron chi connectivity index (χ4n) is 3.43. The molecule has 0 aliphatic carbocycles. The number of ether oxygens (including phenoxy) is 3. The van der Waals surface area contributed by atoms with Gasteiger partial charge in [-0.25, -0.2) is 4.98 Å². The SMILES string of the molecule is COc1cc(OC)cc(/C(C#N)=C/c2nc3c(N4CCOCC4)nc(Cl)nc3n2C)c1. The number of methoxy groups -OCH3 is 2. The second-order valence-corrected chi connectivity index (χ2v) is 7.23. The van der Waals surface area contributed by atoms with E-state index in [4.69, 9.17) is 30.8 Å². The molecule has 0 atom stereocenters. The standard InChI is InChI=1S/C21H21ClN6O3/c1-27-17(10-14(12-23)13-8-15(29-2)11-16(9-13)30-3)24-18-19(27)25-21(22)26-20(18)28-4-6-31-7-5-28/h8-11H,4-7H2,1-3H3/b14-10+. The monoisotopic (exact) mass is 440 g/mol. The molecule has 10 heteroatoms. The van der Waals surface area contributed by atoms with E-state index in [0.29, 0.717) is 71.7 Å². The number of nitrogens with zero attached hydrogens (tertiary/aromatic N) is 6. The van der Waals surface area contributed by atoms with E-state index in [1.807, 2.05) is 7.05 Å². The molecule has 1 aromatic carbocycles. The van der Waals surface area contributed by atoms with Crippen molar-refractivity contribution in [2.24, 2.45) is 7.05 Å². The van der Waals surface area contributed by atoms with Crippen LogP contribution >= 0.6 is 11.6 Å². The number of aromatic nitrogens is 4. The zero-order valence-corrected chi connectivity index (χ0v) is 18.2. The number of hydrogen-bond donors (Lipinski definition) is 0. The summed E-state index contributed by atoms with van der Waals surface area (Å²) < 4.78 is 17.9. The smallest absolute Gasteiger partial charge is 0.226 e. The first kappa shape index (κ1) is 20.9. The number of nitriles is 1. The molecule has 0 N–H and O–H groups in total. The number of imidazole rings is 1. The summed E-state index contributed by atoms with van der Waals surface area (Å²) in [4.78, 5) is 15.6. The van der Waals surface area contributed by atoms with Crippen molar-refractivity contribution >= 4 is 40.2 Å². The molecule has 3 heterocycles. The Morgan fingerprint density at radius 3 is 2.42 bits per heavy atom. The average Bonchev–Trinajstić information content (AvgIpc) is 3.12. The van der Waals surface area contributed by atoms with Crippen molar-refractivity contribution in [2.45, 2.75) is 0 Å². The molecule has 160 valence electrons. The zero-order chi connectivity index (χ0) is 22.0. The molecular weight excluding hydrogens is 420 g/mol. The number of rotatable bonds is 5. The van der Waals surface area contributed by atoms with E-state index in [1.54, 1.807) is 43.1 Å². The quantitative estimate of drug-likeness (QED) is 0.441. The molecule has 0 bridgehead atoms. The van der Waals surface area contributed by atoms with Crippen molar-refractivity contribution in [3.05, 3.63) is 34.9 Å². The first-order valence-electron chi connectivity index (χ1n) is 9.62. The molecule has 1 fully saturated rings. The van der Waals surface area contributed by atoms with Crippen LogP contribution in [0.15, 0.2) is 18.2 Å². The lowest BCUT2D eigenvalue weighted by atomic mass is 10.1. The van der Waals surface area contributed by atoms with Crippen LogP contribution in [0.25, 0.3) is 22.8 Å². The maximum Gasteiger partial charge on any atom is 0.226 e. The highest BCUT2D eigenvalue weighted by atomic mass is 35.5. The number of allylic oxidation sites excluding steroid dienone is 1. The summed E-state index contributed by atoms with van der Waals surface area (Å²) in [5.74, 6) is 2.40. The first-order chi connectivity index (χ1) is 15.0. The lowest BCUT2D eigenvalue weighted by Gasteiger charge is -2.27. The largest absolute Gasteiger partial charge is 0.497 e. The summed E-state index contributed by atoms with van der Waals surface area (Å²) in [6, 6.07) is 7.54. The van der Waals surface area contributed by atoms with Gasteiger partial charge in [-0.1, -0.05) is 0 Å². The van der Waals surface area contributed by atoms with Crippen LogP contribution in [-0.2, 0) is 11.8 Å². The van der Waals surface area contributed by atoms with Gasteiger partial charge >= 0.3 is 0 Å². The van der Waals surface area contributed by atoms with Crippen molar-refractivity contribution in [2.75, 3.05) is 45.4 Å². The number of hydrogen-bond acceptors (Lipinski definition) is 8. The Labute approximate surface area is 184 Å². The van der Waals surface area contributed by atoms with Gasteiger partial charge in [0.1, 0.15) is 17.3 Å². The normalized spacial score (nSPS) is 14.5. The number of anilines is 1. The van der Waals surface area contributed by atoms with Gasteiger partial charge in [0, 0.05) is 26.2 Å². The number of fused-ring (bicyclic) bond motifs is 1. The van der Waals surface area contributed by atoms with Gasteiger partial charge in [-0.2, -0.15) is 15.2 Å². The minimum absolute atomic E-state index is 0.144. The highest BCUT2D eigenvalue weighted by Crippen LogP contribution is 2.30. The average molecular weight is 441 g/mol. The van der Waals surface area contributed by atoms with E-state index < -0.39 is 0 Å². The van der Waals surface area contributed by atoms with Gasteiger partial charge in [0.2, 0.25) is 5.28 Å². The molecule has 0 amide bonds. The summed E-state index contributed by atoms with van der Waals surface area (Å²) in [7, 11) is 4.96. The predicted molar refractivity (Wildman–Crippen MR) is 117 cm³/mol. The van der Waals surface area contributed by atoms with Gasteiger partial charge in [0.15, 0.2) is 17.0 Å². The summed E-state index contributed by atoms with van der Waals surface area (Å²) in [5, 5.41) is 9.97. The third-order valence-corrected chi connectivity index (χ3v) is 5.24. The number of halogens is 1. The van der Waals surface area contributed by atoms with E-state index in [9.17, 15) is 5.26 Å². The first-order valence-corrected chi connectivity index (χ1v) is 9.99. The molecular formula is C21H21ClN6O3. The van der Waals surface area contributed by atoms with Crippen molar-refractivity contribution in [3.63, 3.8) is 0 Å². The molecule has 0 radical (unpaired) electrons. The number of aryl methyl sites for hydroxylation is 1. The minimum Gasteiger partial charge on any atom is -0.497 e. The molecule has 4 rings (SSSR count). The molecule has 1 saturated heterocycles. The third-order valence-electron chi connectivity index (χ3n) is 5.07. The van der Waals surface area contributed by atoms with Crippen LogP contribution in [0, 0.1) is 11.3 Å². The van der Waals surface area contributed by atoms with Crippen LogP contribution in [0.2, 0.25) is 5.28 Å². The van der Waals surface area contributed by atoms with Crippen LogP contribution in [-0.4, -0.2) is 60.0 Å². The molecule has 1 aliphatic heterocycles. The van der Waals surface area contributed by atoms with Crippen LogP contribution in [0.3, 0.4) is 0 Å². The second-order valence-electron chi connectivity index (χ2n) is 6.89. The van der Waals surface area contributed by atoms with E-state index in [0.717, 1.165) is 0 Å². The summed E-state index contributed by atoms with van der Waals surface area (Å²) in [5.41, 5.74) is 2.28. The fraction of sp³-hybridized carbons (Fsp3) is 0.333. The molecule has 31 heavy (non-hydrogen) atoms. The Morgan fingerprint density at radius 2 is 1.81 bits per heavy atom. The molecule has 2 aromatic heterocycles. The van der Waals surface area contributed by atoms with Gasteiger partial charge in [-0.3, -0.25) is 0 Å². The topological polar surface area (TPSA) is 98.3 Å². The molecule has 9 nitrogen and oxygen atoms in total. The molecule has 0 saturated carbocycles. The molecule has 0 unspecified atom stereocenters. The van der Waals surface area contributed by atoms with Crippen molar-refractivity contribution in [1.82, 2.24) is 19.5 Å². The van der Waals surface area contributed by atoms with Crippen molar-refractivity contribution in [1.29, 1.82) is 5.26 Å². The highest BCUT2D eigenvalue weighted by molar-refractivity contribution is 6.28. The van der Waals surface area contributed by atoms with Gasteiger partial charge < -0.3 is 23.7 Å². The van der Waals surface area contributed by atoms with Crippen LogP contribution < -0.4 is 14.4 Å². The van der Waals surface area contributed by atoms with Crippen molar-refractivity contribution in [3.8, 4) is 17.6 Å².